The molecule has 0 unspecified atom stereocenters. The van der Waals surface area contributed by atoms with Crippen molar-refractivity contribution in [3.63, 3.8) is 0 Å². The molecule has 4 nitrogen and oxygen atoms in total. The van der Waals surface area contributed by atoms with E-state index in [0.717, 1.165) is 33.3 Å². The van der Waals surface area contributed by atoms with Crippen molar-refractivity contribution in [1.29, 1.82) is 0 Å². The van der Waals surface area contributed by atoms with Crippen molar-refractivity contribution in [2.75, 3.05) is 20.3 Å². The second-order valence-corrected chi connectivity index (χ2v) is 5.99. The van der Waals surface area contributed by atoms with Gasteiger partial charge in [0.25, 0.3) is 0 Å². The first kappa shape index (κ1) is 16.3. The van der Waals surface area contributed by atoms with Gasteiger partial charge in [0.05, 0.1) is 16.1 Å². The van der Waals surface area contributed by atoms with Gasteiger partial charge in [-0.2, -0.15) is 0 Å². The van der Waals surface area contributed by atoms with E-state index in [0.29, 0.717) is 12.5 Å². The Balaban J connectivity index is 1.76. The van der Waals surface area contributed by atoms with Gasteiger partial charge >= 0.3 is 0 Å². The summed E-state index contributed by atoms with van der Waals surface area (Å²) in [4.78, 5) is 4.10. The number of nitrogens with one attached hydrogen (secondary N) is 1. The van der Waals surface area contributed by atoms with E-state index in [9.17, 15) is 0 Å². The van der Waals surface area contributed by atoms with Crippen molar-refractivity contribution in [3.8, 4) is 11.6 Å². The molecule has 0 aliphatic heterocycles. The van der Waals surface area contributed by atoms with Crippen LogP contribution in [0.3, 0.4) is 0 Å². The first-order chi connectivity index (χ1) is 10.2. The molecule has 1 aromatic carbocycles. The number of hydrogen-bond donors (Lipinski definition) is 1. The predicted molar refractivity (Wildman–Crippen MR) is 89.8 cm³/mol. The van der Waals surface area contributed by atoms with E-state index in [4.69, 9.17) is 9.47 Å². The van der Waals surface area contributed by atoms with Crippen molar-refractivity contribution in [3.05, 3.63) is 51.0 Å². The maximum atomic E-state index is 5.52. The molecule has 1 heterocycles. The lowest BCUT2D eigenvalue weighted by molar-refractivity contribution is 0.302. The van der Waals surface area contributed by atoms with E-state index in [2.05, 4.69) is 42.2 Å². The molecule has 1 N–H and O–H groups in total. The highest BCUT2D eigenvalue weighted by molar-refractivity contribution is 9.11. The molecule has 0 radical (unpaired) electrons. The van der Waals surface area contributed by atoms with Crippen LogP contribution in [0.15, 0.2) is 45.5 Å². The van der Waals surface area contributed by atoms with Crippen LogP contribution in [0.5, 0.6) is 11.6 Å². The van der Waals surface area contributed by atoms with Crippen LogP contribution in [0.1, 0.15) is 5.56 Å². The summed E-state index contributed by atoms with van der Waals surface area (Å²) in [7, 11) is 1.65. The number of benzene rings is 1. The van der Waals surface area contributed by atoms with Crippen LogP contribution in [-0.2, 0) is 6.54 Å². The Morgan fingerprint density at radius 1 is 1.19 bits per heavy atom. The third kappa shape index (κ3) is 4.98. The molecular formula is C15H16Br2N2O2. The number of methoxy groups -OCH3 is 1. The average molecular weight is 416 g/mol. The zero-order valence-corrected chi connectivity index (χ0v) is 14.8. The summed E-state index contributed by atoms with van der Waals surface area (Å²) >= 11 is 6.99. The van der Waals surface area contributed by atoms with Gasteiger partial charge < -0.3 is 14.8 Å². The van der Waals surface area contributed by atoms with Gasteiger partial charge in [0, 0.05) is 25.4 Å². The molecule has 0 spiro atoms. The minimum atomic E-state index is 0.579. The SMILES string of the molecule is COc1c(Br)cc(CNCCOc2ccccn2)cc1Br. The van der Waals surface area contributed by atoms with E-state index in [1.165, 1.54) is 0 Å². The van der Waals surface area contributed by atoms with E-state index in [1.54, 1.807) is 13.3 Å². The second kappa shape index (κ2) is 8.36. The zero-order chi connectivity index (χ0) is 15.1. The molecule has 0 aliphatic carbocycles. The Labute approximate surface area is 141 Å². The van der Waals surface area contributed by atoms with E-state index in [1.807, 2.05) is 30.3 Å². The number of hydrogen-bond acceptors (Lipinski definition) is 4. The van der Waals surface area contributed by atoms with Crippen molar-refractivity contribution in [2.45, 2.75) is 6.54 Å². The van der Waals surface area contributed by atoms with E-state index in [-0.39, 0.29) is 0 Å². The van der Waals surface area contributed by atoms with Crippen molar-refractivity contribution in [1.82, 2.24) is 10.3 Å². The monoisotopic (exact) mass is 414 g/mol. The van der Waals surface area contributed by atoms with Gasteiger partial charge in [-0.3, -0.25) is 0 Å². The first-order valence-corrected chi connectivity index (χ1v) is 8.05. The summed E-state index contributed by atoms with van der Waals surface area (Å²) in [6.07, 6.45) is 1.72. The Hall–Kier alpha value is -1.11. The second-order valence-electron chi connectivity index (χ2n) is 4.29. The molecule has 0 aliphatic rings. The van der Waals surface area contributed by atoms with Crippen LogP contribution in [0.4, 0.5) is 0 Å². The zero-order valence-electron chi connectivity index (χ0n) is 11.6. The fraction of sp³-hybridized carbons (Fsp3) is 0.267. The molecule has 0 atom stereocenters. The van der Waals surface area contributed by atoms with Crippen LogP contribution < -0.4 is 14.8 Å². The van der Waals surface area contributed by atoms with Crippen LogP contribution in [-0.4, -0.2) is 25.2 Å². The van der Waals surface area contributed by atoms with Gasteiger partial charge in [0.2, 0.25) is 5.88 Å². The van der Waals surface area contributed by atoms with Crippen molar-refractivity contribution in [2.24, 2.45) is 0 Å². The summed E-state index contributed by atoms with van der Waals surface area (Å²) in [6, 6.07) is 9.69. The molecule has 6 heteroatoms. The summed E-state index contributed by atoms with van der Waals surface area (Å²) in [6.45, 7) is 2.08. The Morgan fingerprint density at radius 3 is 2.57 bits per heavy atom. The third-order valence-electron chi connectivity index (χ3n) is 2.76. The number of ether oxygens (including phenoxy) is 2. The van der Waals surface area contributed by atoms with E-state index >= 15 is 0 Å². The molecule has 0 amide bonds. The molecule has 0 saturated carbocycles. The standard InChI is InChI=1S/C15H16Br2N2O2/c1-20-15-12(16)8-11(9-13(15)17)10-18-6-7-21-14-4-2-3-5-19-14/h2-5,8-9,18H,6-7,10H2,1H3. The molecule has 2 aromatic rings. The smallest absolute Gasteiger partial charge is 0.213 e. The maximum absolute atomic E-state index is 5.52. The molecule has 0 saturated heterocycles. The van der Waals surface area contributed by atoms with Crippen LogP contribution in [0.2, 0.25) is 0 Å². The van der Waals surface area contributed by atoms with Crippen LogP contribution in [0, 0.1) is 0 Å². The molecular weight excluding hydrogens is 400 g/mol. The Bertz CT molecular complexity index is 556. The summed E-state index contributed by atoms with van der Waals surface area (Å²) in [5, 5.41) is 3.33. The molecule has 0 bridgehead atoms. The van der Waals surface area contributed by atoms with Gasteiger partial charge in [0.1, 0.15) is 12.4 Å². The lowest BCUT2D eigenvalue weighted by atomic mass is 10.2. The highest BCUT2D eigenvalue weighted by Crippen LogP contribution is 2.34. The van der Waals surface area contributed by atoms with Crippen LogP contribution >= 0.6 is 31.9 Å². The molecule has 2 rings (SSSR count). The van der Waals surface area contributed by atoms with Gasteiger partial charge in [-0.1, -0.05) is 6.07 Å². The number of nitrogens with zero attached hydrogens (tertiary/aromatic N) is 1. The van der Waals surface area contributed by atoms with Gasteiger partial charge in [-0.15, -0.1) is 0 Å². The average Bonchev–Trinajstić information content (AvgIpc) is 2.48. The van der Waals surface area contributed by atoms with Gasteiger partial charge in [-0.25, -0.2) is 4.98 Å². The number of aromatic nitrogens is 1. The highest BCUT2D eigenvalue weighted by atomic mass is 79.9. The summed E-state index contributed by atoms with van der Waals surface area (Å²) in [5.74, 6) is 1.45. The lowest BCUT2D eigenvalue weighted by Crippen LogP contribution is -2.20. The quantitative estimate of drug-likeness (QED) is 0.698. The highest BCUT2D eigenvalue weighted by Gasteiger charge is 2.07. The first-order valence-electron chi connectivity index (χ1n) is 6.47. The largest absolute Gasteiger partial charge is 0.494 e. The Kier molecular flexibility index (Phi) is 6.48. The predicted octanol–water partition coefficient (Wildman–Crippen LogP) is 3.78. The van der Waals surface area contributed by atoms with E-state index < -0.39 is 0 Å². The van der Waals surface area contributed by atoms with Crippen molar-refractivity contribution < 1.29 is 9.47 Å². The molecule has 0 fully saturated rings. The maximum Gasteiger partial charge on any atom is 0.213 e. The fourth-order valence-corrected chi connectivity index (χ4v) is 3.41. The van der Waals surface area contributed by atoms with Crippen molar-refractivity contribution >= 4 is 31.9 Å². The topological polar surface area (TPSA) is 43.4 Å². The number of halogens is 2. The number of rotatable bonds is 7. The molecule has 112 valence electrons. The fourth-order valence-electron chi connectivity index (χ4n) is 1.80. The normalized spacial score (nSPS) is 10.4. The summed E-state index contributed by atoms with van der Waals surface area (Å²) < 4.78 is 12.7. The lowest BCUT2D eigenvalue weighted by Gasteiger charge is -2.10. The van der Waals surface area contributed by atoms with Gasteiger partial charge in [-0.05, 0) is 55.6 Å². The summed E-state index contributed by atoms with van der Waals surface area (Å²) in [5.41, 5.74) is 1.16. The van der Waals surface area contributed by atoms with Crippen LogP contribution in [0.25, 0.3) is 0 Å². The molecule has 21 heavy (non-hydrogen) atoms. The Morgan fingerprint density at radius 2 is 1.95 bits per heavy atom. The minimum Gasteiger partial charge on any atom is -0.494 e. The minimum absolute atomic E-state index is 0.579. The number of pyridine rings is 1. The third-order valence-corrected chi connectivity index (χ3v) is 3.94. The molecule has 1 aromatic heterocycles. The van der Waals surface area contributed by atoms with Gasteiger partial charge in [0.15, 0.2) is 0 Å².